The Hall–Kier alpha value is -1.88. The molecule has 92 valence electrons. The highest BCUT2D eigenvalue weighted by molar-refractivity contribution is 5.88. The van der Waals surface area contributed by atoms with Crippen molar-refractivity contribution in [2.45, 2.75) is 25.4 Å². The molecule has 0 saturated carbocycles. The van der Waals surface area contributed by atoms with Crippen molar-refractivity contribution >= 4 is 11.8 Å². The molecule has 5 N–H and O–H groups in total. The van der Waals surface area contributed by atoms with Crippen molar-refractivity contribution in [1.29, 1.82) is 0 Å². The Morgan fingerprint density at radius 1 is 1.29 bits per heavy atom. The van der Waals surface area contributed by atoms with Crippen LogP contribution in [0.25, 0.3) is 0 Å². The Morgan fingerprint density at radius 2 is 1.88 bits per heavy atom. The number of nitrogens with two attached hydrogens (primary N) is 2. The lowest BCUT2D eigenvalue weighted by molar-refractivity contribution is -0.127. The van der Waals surface area contributed by atoms with Crippen molar-refractivity contribution in [2.24, 2.45) is 11.5 Å². The molecule has 0 aliphatic carbocycles. The van der Waals surface area contributed by atoms with Gasteiger partial charge >= 0.3 is 0 Å². The number of carbonyl (C=O) groups is 2. The largest absolute Gasteiger partial charge is 0.368 e. The average molecular weight is 235 g/mol. The zero-order valence-electron chi connectivity index (χ0n) is 9.72. The maximum Gasteiger partial charge on any atom is 0.240 e. The lowest BCUT2D eigenvalue weighted by Gasteiger charge is -2.16. The summed E-state index contributed by atoms with van der Waals surface area (Å²) >= 11 is 0. The van der Waals surface area contributed by atoms with E-state index in [0.29, 0.717) is 6.42 Å². The molecule has 0 spiro atoms. The number of primary amides is 1. The standard InChI is InChI=1S/C12H17N3O2/c1-8(13)12(17)15-10(11(14)16)7-9-5-3-2-4-6-9/h2-6,8,10H,7,13H2,1H3,(H2,14,16)(H,15,17). The molecule has 5 nitrogen and oxygen atoms in total. The Kier molecular flexibility index (Phi) is 4.66. The molecule has 0 bridgehead atoms. The normalized spacial score (nSPS) is 13.8. The predicted octanol–water partition coefficient (Wildman–Crippen LogP) is -0.454. The zero-order valence-corrected chi connectivity index (χ0v) is 9.72. The molecule has 1 aromatic carbocycles. The molecular weight excluding hydrogens is 218 g/mol. The van der Waals surface area contributed by atoms with E-state index in [1.54, 1.807) is 6.92 Å². The van der Waals surface area contributed by atoms with Gasteiger partial charge in [0.25, 0.3) is 0 Å². The Morgan fingerprint density at radius 3 is 2.35 bits per heavy atom. The fraction of sp³-hybridized carbons (Fsp3) is 0.333. The first-order chi connectivity index (χ1) is 8.00. The second-order valence-corrected chi connectivity index (χ2v) is 3.94. The number of hydrogen-bond donors (Lipinski definition) is 3. The Balaban J connectivity index is 2.68. The molecule has 0 radical (unpaired) electrons. The lowest BCUT2D eigenvalue weighted by Crippen LogP contribution is -2.50. The zero-order chi connectivity index (χ0) is 12.8. The van der Waals surface area contributed by atoms with Gasteiger partial charge in [-0.05, 0) is 12.5 Å². The number of nitrogens with one attached hydrogen (secondary N) is 1. The van der Waals surface area contributed by atoms with Gasteiger partial charge in [-0.2, -0.15) is 0 Å². The summed E-state index contributed by atoms with van der Waals surface area (Å²) in [7, 11) is 0. The van der Waals surface area contributed by atoms with E-state index >= 15 is 0 Å². The molecule has 1 rings (SSSR count). The van der Waals surface area contributed by atoms with Gasteiger partial charge in [0.05, 0.1) is 6.04 Å². The summed E-state index contributed by atoms with van der Waals surface area (Å²) in [5, 5.41) is 2.53. The highest BCUT2D eigenvalue weighted by atomic mass is 16.2. The Labute approximate surface area is 100 Å². The van der Waals surface area contributed by atoms with Crippen LogP contribution < -0.4 is 16.8 Å². The molecule has 0 saturated heterocycles. The molecule has 1 aromatic rings. The number of carbonyl (C=O) groups excluding carboxylic acids is 2. The minimum Gasteiger partial charge on any atom is -0.368 e. The highest BCUT2D eigenvalue weighted by Crippen LogP contribution is 2.03. The van der Waals surface area contributed by atoms with E-state index in [9.17, 15) is 9.59 Å². The quantitative estimate of drug-likeness (QED) is 0.644. The molecule has 0 aliphatic rings. The number of amides is 2. The third-order valence-corrected chi connectivity index (χ3v) is 2.36. The SMILES string of the molecule is CC(N)C(=O)NC(Cc1ccccc1)C(N)=O. The first-order valence-corrected chi connectivity index (χ1v) is 5.40. The van der Waals surface area contributed by atoms with Crippen LogP contribution in [-0.4, -0.2) is 23.9 Å². The molecule has 2 unspecified atom stereocenters. The van der Waals surface area contributed by atoms with Gasteiger partial charge in [0.1, 0.15) is 6.04 Å². The number of hydrogen-bond acceptors (Lipinski definition) is 3. The summed E-state index contributed by atoms with van der Waals surface area (Å²) in [4.78, 5) is 22.6. The summed E-state index contributed by atoms with van der Waals surface area (Å²) in [6, 6.07) is 7.95. The van der Waals surface area contributed by atoms with Crippen LogP contribution in [0, 0.1) is 0 Å². The van der Waals surface area contributed by atoms with E-state index in [0.717, 1.165) is 5.56 Å². The van der Waals surface area contributed by atoms with E-state index in [2.05, 4.69) is 5.32 Å². The van der Waals surface area contributed by atoms with Crippen LogP contribution in [0.3, 0.4) is 0 Å². The van der Waals surface area contributed by atoms with Gasteiger partial charge in [0, 0.05) is 6.42 Å². The maximum atomic E-state index is 11.4. The van der Waals surface area contributed by atoms with Crippen molar-refractivity contribution in [2.75, 3.05) is 0 Å². The first kappa shape index (κ1) is 13.2. The van der Waals surface area contributed by atoms with Gasteiger partial charge < -0.3 is 16.8 Å². The van der Waals surface area contributed by atoms with Gasteiger partial charge in [-0.15, -0.1) is 0 Å². The van der Waals surface area contributed by atoms with Crippen molar-refractivity contribution in [3.63, 3.8) is 0 Å². The van der Waals surface area contributed by atoms with E-state index in [1.807, 2.05) is 30.3 Å². The van der Waals surface area contributed by atoms with Crippen LogP contribution in [0.4, 0.5) is 0 Å². The third kappa shape index (κ3) is 4.24. The predicted molar refractivity (Wildman–Crippen MR) is 64.9 cm³/mol. The van der Waals surface area contributed by atoms with Crippen molar-refractivity contribution in [3.8, 4) is 0 Å². The summed E-state index contributed by atoms with van der Waals surface area (Å²) in [6.07, 6.45) is 0.370. The second kappa shape index (κ2) is 6.00. The molecule has 17 heavy (non-hydrogen) atoms. The van der Waals surface area contributed by atoms with E-state index in [1.165, 1.54) is 0 Å². The molecular formula is C12H17N3O2. The fourth-order valence-corrected chi connectivity index (χ4v) is 1.38. The smallest absolute Gasteiger partial charge is 0.240 e. The van der Waals surface area contributed by atoms with Gasteiger partial charge in [-0.1, -0.05) is 30.3 Å². The third-order valence-electron chi connectivity index (χ3n) is 2.36. The van der Waals surface area contributed by atoms with Crippen LogP contribution >= 0.6 is 0 Å². The molecule has 2 amide bonds. The van der Waals surface area contributed by atoms with Crippen LogP contribution in [0.5, 0.6) is 0 Å². The Bertz CT molecular complexity index is 390. The van der Waals surface area contributed by atoms with Crippen molar-refractivity contribution < 1.29 is 9.59 Å². The van der Waals surface area contributed by atoms with E-state index < -0.39 is 18.0 Å². The fourth-order valence-electron chi connectivity index (χ4n) is 1.38. The number of benzene rings is 1. The van der Waals surface area contributed by atoms with Gasteiger partial charge in [0.15, 0.2) is 0 Å². The average Bonchev–Trinajstić information content (AvgIpc) is 2.29. The van der Waals surface area contributed by atoms with E-state index in [-0.39, 0.29) is 5.91 Å². The topological polar surface area (TPSA) is 98.2 Å². The van der Waals surface area contributed by atoms with Gasteiger partial charge in [0.2, 0.25) is 11.8 Å². The first-order valence-electron chi connectivity index (χ1n) is 5.40. The van der Waals surface area contributed by atoms with E-state index in [4.69, 9.17) is 11.5 Å². The summed E-state index contributed by atoms with van der Waals surface area (Å²) < 4.78 is 0. The minimum absolute atomic E-state index is 0.370. The minimum atomic E-state index is -0.726. The van der Waals surface area contributed by atoms with Gasteiger partial charge in [-0.3, -0.25) is 9.59 Å². The van der Waals surface area contributed by atoms with Crippen LogP contribution in [0.1, 0.15) is 12.5 Å². The second-order valence-electron chi connectivity index (χ2n) is 3.94. The molecule has 0 fully saturated rings. The van der Waals surface area contributed by atoms with Crippen molar-refractivity contribution in [1.82, 2.24) is 5.32 Å². The number of rotatable bonds is 5. The molecule has 0 aliphatic heterocycles. The molecule has 5 heteroatoms. The van der Waals surface area contributed by atoms with Gasteiger partial charge in [-0.25, -0.2) is 0 Å². The van der Waals surface area contributed by atoms with Crippen molar-refractivity contribution in [3.05, 3.63) is 35.9 Å². The monoisotopic (exact) mass is 235 g/mol. The summed E-state index contributed by atoms with van der Waals surface area (Å²) in [5.41, 5.74) is 11.6. The summed E-state index contributed by atoms with van der Waals surface area (Å²) in [6.45, 7) is 1.55. The lowest BCUT2D eigenvalue weighted by atomic mass is 10.1. The maximum absolute atomic E-state index is 11.4. The van der Waals surface area contributed by atoms with Crippen LogP contribution in [0.2, 0.25) is 0 Å². The molecule has 2 atom stereocenters. The highest BCUT2D eigenvalue weighted by Gasteiger charge is 2.19. The van der Waals surface area contributed by atoms with Crippen LogP contribution in [-0.2, 0) is 16.0 Å². The van der Waals surface area contributed by atoms with Crippen LogP contribution in [0.15, 0.2) is 30.3 Å². The summed E-state index contributed by atoms with van der Waals surface area (Å²) in [5.74, 6) is -0.951. The molecule has 0 heterocycles. The molecule has 0 aromatic heterocycles.